The van der Waals surface area contributed by atoms with E-state index < -0.39 is 12.1 Å². The lowest BCUT2D eigenvalue weighted by molar-refractivity contribution is -0.125. The largest absolute Gasteiger partial charge is 0.451 e. The molecule has 8 heteroatoms. The van der Waals surface area contributed by atoms with Gasteiger partial charge >= 0.3 is 6.09 Å². The van der Waals surface area contributed by atoms with Gasteiger partial charge in [-0.05, 0) is 30.9 Å². The zero-order valence-electron chi connectivity index (χ0n) is 18.2. The highest BCUT2D eigenvalue weighted by atomic mass is 16.5. The second-order valence-corrected chi connectivity index (χ2v) is 7.80. The van der Waals surface area contributed by atoms with Crippen LogP contribution < -0.4 is 16.0 Å². The predicted molar refractivity (Wildman–Crippen MR) is 114 cm³/mol. The Balaban J connectivity index is 1.99. The number of ether oxygens (including phenoxy) is 1. The van der Waals surface area contributed by atoms with Gasteiger partial charge in [0.1, 0.15) is 11.6 Å². The first kappa shape index (κ1) is 23.3. The number of amides is 3. The number of hydrogen-bond acceptors (Lipinski definition) is 5. The average molecular weight is 418 g/mol. The van der Waals surface area contributed by atoms with E-state index in [9.17, 15) is 14.4 Å². The number of carbonyl (C=O) groups excluding carboxylic acids is 3. The Hall–Kier alpha value is -3.03. The smallest absolute Gasteiger partial charge is 0.407 e. The monoisotopic (exact) mass is 417 g/mol. The second kappa shape index (κ2) is 10.7. The summed E-state index contributed by atoms with van der Waals surface area (Å²) in [5.74, 6) is -0.535. The highest BCUT2D eigenvalue weighted by Crippen LogP contribution is 2.18. The molecule has 2 rings (SSSR count). The summed E-state index contributed by atoms with van der Waals surface area (Å²) in [5.41, 5.74) is 0.640. The molecule has 1 aromatic heterocycles. The van der Waals surface area contributed by atoms with Crippen LogP contribution in [0.5, 0.6) is 0 Å². The van der Waals surface area contributed by atoms with Crippen LogP contribution in [0.1, 0.15) is 45.2 Å². The molecule has 0 saturated heterocycles. The van der Waals surface area contributed by atoms with Crippen molar-refractivity contribution in [2.24, 2.45) is 11.8 Å². The van der Waals surface area contributed by atoms with Gasteiger partial charge in [-0.3, -0.25) is 9.59 Å². The van der Waals surface area contributed by atoms with Gasteiger partial charge in [-0.1, -0.05) is 45.9 Å². The van der Waals surface area contributed by atoms with Crippen molar-refractivity contribution in [2.75, 3.05) is 13.2 Å². The fourth-order valence-electron chi connectivity index (χ4n) is 2.94. The molecule has 0 saturated carbocycles. The van der Waals surface area contributed by atoms with Crippen molar-refractivity contribution < 1.29 is 23.5 Å². The molecule has 3 amide bonds. The fourth-order valence-corrected chi connectivity index (χ4v) is 2.94. The standard InChI is InChI=1S/C22H31N3O5/c1-6-29-22(28)25-19(14(4)5)21(27)24-16(13(2)3)12-23-20(26)18-11-15-9-7-8-10-17(15)30-18/h7-11,13-14,16,19H,6,12H2,1-5H3,(H,23,26)(H,24,27)(H,25,28)/t16-,19-/m0/s1. The molecule has 1 aromatic carbocycles. The Morgan fingerprint density at radius 3 is 2.33 bits per heavy atom. The lowest BCUT2D eigenvalue weighted by Gasteiger charge is -2.27. The van der Waals surface area contributed by atoms with Crippen molar-refractivity contribution in [3.63, 3.8) is 0 Å². The minimum Gasteiger partial charge on any atom is -0.451 e. The molecule has 30 heavy (non-hydrogen) atoms. The molecular formula is C22H31N3O5. The van der Waals surface area contributed by atoms with Gasteiger partial charge < -0.3 is 25.1 Å². The van der Waals surface area contributed by atoms with Crippen LogP contribution in [0.4, 0.5) is 4.79 Å². The molecule has 164 valence electrons. The number of carbonyl (C=O) groups is 3. The number of fused-ring (bicyclic) bond motifs is 1. The molecule has 0 fully saturated rings. The Kier molecular flexibility index (Phi) is 8.26. The van der Waals surface area contributed by atoms with E-state index in [-0.39, 0.29) is 48.6 Å². The third-order valence-corrected chi connectivity index (χ3v) is 4.76. The molecule has 0 aliphatic heterocycles. The summed E-state index contributed by atoms with van der Waals surface area (Å²) < 4.78 is 10.5. The molecule has 0 aliphatic carbocycles. The van der Waals surface area contributed by atoms with Gasteiger partial charge in [0.25, 0.3) is 5.91 Å². The van der Waals surface area contributed by atoms with Crippen LogP contribution in [-0.4, -0.2) is 43.1 Å². The molecule has 2 atom stereocenters. The van der Waals surface area contributed by atoms with Crippen LogP contribution in [0.25, 0.3) is 11.0 Å². The number of para-hydroxylation sites is 1. The topological polar surface area (TPSA) is 110 Å². The SMILES string of the molecule is CCOC(=O)N[C@H](C(=O)N[C@@H](CNC(=O)c1cc2ccccc2o1)C(C)C)C(C)C. The number of furan rings is 1. The maximum absolute atomic E-state index is 12.8. The van der Waals surface area contributed by atoms with E-state index in [1.807, 2.05) is 45.9 Å². The summed E-state index contributed by atoms with van der Waals surface area (Å²) in [5, 5.41) is 9.18. The van der Waals surface area contributed by atoms with Crippen molar-refractivity contribution in [1.29, 1.82) is 0 Å². The number of rotatable bonds is 9. The Morgan fingerprint density at radius 1 is 1.03 bits per heavy atom. The molecule has 0 spiro atoms. The molecule has 3 N–H and O–H groups in total. The quantitative estimate of drug-likeness (QED) is 0.581. The molecule has 2 aromatic rings. The van der Waals surface area contributed by atoms with E-state index in [1.165, 1.54) is 0 Å². The first-order valence-corrected chi connectivity index (χ1v) is 10.2. The lowest BCUT2D eigenvalue weighted by Crippen LogP contribution is -2.55. The van der Waals surface area contributed by atoms with E-state index in [1.54, 1.807) is 19.1 Å². The van der Waals surface area contributed by atoms with Crippen LogP contribution in [-0.2, 0) is 9.53 Å². The van der Waals surface area contributed by atoms with E-state index >= 15 is 0 Å². The van der Waals surface area contributed by atoms with Crippen molar-refractivity contribution in [3.8, 4) is 0 Å². The minimum atomic E-state index is -0.739. The number of alkyl carbamates (subject to hydrolysis) is 1. The van der Waals surface area contributed by atoms with Gasteiger partial charge in [-0.15, -0.1) is 0 Å². The summed E-state index contributed by atoms with van der Waals surface area (Å²) in [4.78, 5) is 37.0. The fraction of sp³-hybridized carbons (Fsp3) is 0.500. The normalized spacial score (nSPS) is 13.2. The third-order valence-electron chi connectivity index (χ3n) is 4.76. The van der Waals surface area contributed by atoms with Crippen molar-refractivity contribution in [3.05, 3.63) is 36.1 Å². The van der Waals surface area contributed by atoms with Crippen molar-refractivity contribution in [2.45, 2.75) is 46.7 Å². The maximum Gasteiger partial charge on any atom is 0.407 e. The van der Waals surface area contributed by atoms with Crippen LogP contribution in [0.2, 0.25) is 0 Å². The van der Waals surface area contributed by atoms with Gasteiger partial charge in [-0.25, -0.2) is 4.79 Å². The van der Waals surface area contributed by atoms with Gasteiger partial charge in [-0.2, -0.15) is 0 Å². The van der Waals surface area contributed by atoms with Crippen LogP contribution in [0.15, 0.2) is 34.7 Å². The first-order chi connectivity index (χ1) is 14.2. The third kappa shape index (κ3) is 6.23. The maximum atomic E-state index is 12.8. The Labute approximate surface area is 176 Å². The molecule has 8 nitrogen and oxygen atoms in total. The van der Waals surface area contributed by atoms with Gasteiger partial charge in [0, 0.05) is 18.0 Å². The predicted octanol–water partition coefficient (Wildman–Crippen LogP) is 3.07. The van der Waals surface area contributed by atoms with Crippen molar-refractivity contribution >= 4 is 28.9 Å². The van der Waals surface area contributed by atoms with Crippen molar-refractivity contribution in [1.82, 2.24) is 16.0 Å². The Morgan fingerprint density at radius 2 is 1.73 bits per heavy atom. The molecule has 0 unspecified atom stereocenters. The minimum absolute atomic E-state index is 0.0559. The lowest BCUT2D eigenvalue weighted by atomic mass is 10.0. The first-order valence-electron chi connectivity index (χ1n) is 10.2. The second-order valence-electron chi connectivity index (χ2n) is 7.80. The molecule has 0 aliphatic rings. The Bertz CT molecular complexity index is 842. The van der Waals surface area contributed by atoms with Gasteiger partial charge in [0.2, 0.25) is 5.91 Å². The number of benzene rings is 1. The van der Waals surface area contributed by atoms with Gasteiger partial charge in [0.15, 0.2) is 5.76 Å². The molecule has 0 radical (unpaired) electrons. The van der Waals surface area contributed by atoms with Crippen LogP contribution in [0, 0.1) is 11.8 Å². The summed E-state index contributed by atoms with van der Waals surface area (Å²) in [6.07, 6.45) is -0.634. The van der Waals surface area contributed by atoms with E-state index in [0.717, 1.165) is 5.39 Å². The summed E-state index contributed by atoms with van der Waals surface area (Å²) in [6.45, 7) is 9.71. The highest BCUT2D eigenvalue weighted by molar-refractivity contribution is 5.96. The van der Waals surface area contributed by atoms with Gasteiger partial charge in [0.05, 0.1) is 6.61 Å². The molecule has 1 heterocycles. The summed E-state index contributed by atoms with van der Waals surface area (Å²) in [7, 11) is 0. The summed E-state index contributed by atoms with van der Waals surface area (Å²) in [6, 6.07) is 8.01. The molecular weight excluding hydrogens is 386 g/mol. The number of hydrogen-bond donors (Lipinski definition) is 3. The zero-order valence-corrected chi connectivity index (χ0v) is 18.2. The summed E-state index contributed by atoms with van der Waals surface area (Å²) >= 11 is 0. The highest BCUT2D eigenvalue weighted by Gasteiger charge is 2.28. The zero-order chi connectivity index (χ0) is 22.3. The van der Waals surface area contributed by atoms with E-state index in [2.05, 4.69) is 16.0 Å². The molecule has 0 bridgehead atoms. The van der Waals surface area contributed by atoms with E-state index in [0.29, 0.717) is 5.58 Å². The van der Waals surface area contributed by atoms with Crippen LogP contribution >= 0.6 is 0 Å². The van der Waals surface area contributed by atoms with E-state index in [4.69, 9.17) is 9.15 Å². The average Bonchev–Trinajstić information content (AvgIpc) is 3.13. The van der Waals surface area contributed by atoms with Crippen LogP contribution in [0.3, 0.4) is 0 Å². The number of nitrogens with one attached hydrogen (secondary N) is 3.